The number of hydrogen-bond acceptors (Lipinski definition) is 3. The number of benzene rings is 1. The zero-order chi connectivity index (χ0) is 22.7. The van der Waals surface area contributed by atoms with E-state index >= 15 is 0 Å². The molecule has 1 saturated heterocycles. The maximum absolute atomic E-state index is 13.1. The Morgan fingerprint density at radius 1 is 1.21 bits per heavy atom. The van der Waals surface area contributed by atoms with Crippen molar-refractivity contribution in [1.82, 2.24) is 18.9 Å². The number of hydrogen-bond donors (Lipinski definition) is 1. The molecule has 1 atom stereocenters. The van der Waals surface area contributed by atoms with E-state index in [2.05, 4.69) is 56.1 Å². The third-order valence-corrected chi connectivity index (χ3v) is 7.93. The number of nitrogens with zero attached hydrogens (tertiary/aromatic N) is 4. The van der Waals surface area contributed by atoms with Crippen molar-refractivity contribution in [2.45, 2.75) is 45.2 Å². The van der Waals surface area contributed by atoms with Gasteiger partial charge in [-0.05, 0) is 72.7 Å². The van der Waals surface area contributed by atoms with Gasteiger partial charge < -0.3 is 19.6 Å². The fraction of sp³-hybridized carbons (Fsp3) is 0.385. The Hall–Kier alpha value is -2.64. The highest BCUT2D eigenvalue weighted by Crippen LogP contribution is 2.41. The van der Waals surface area contributed by atoms with Crippen LogP contribution < -0.4 is 5.73 Å². The minimum Gasteiger partial charge on any atom is -0.338 e. The lowest BCUT2D eigenvalue weighted by Crippen LogP contribution is -2.45. The van der Waals surface area contributed by atoms with Crippen molar-refractivity contribution in [3.05, 3.63) is 58.3 Å². The first kappa shape index (κ1) is 20.9. The van der Waals surface area contributed by atoms with Crippen LogP contribution in [0, 0.1) is 12.8 Å². The molecule has 3 aromatic heterocycles. The highest BCUT2D eigenvalue weighted by molar-refractivity contribution is 9.10. The molecule has 0 bridgehead atoms. The van der Waals surface area contributed by atoms with Gasteiger partial charge in [-0.1, -0.05) is 18.2 Å². The summed E-state index contributed by atoms with van der Waals surface area (Å²) in [7, 11) is 0. The number of halogens is 1. The average molecular weight is 506 g/mol. The molecule has 0 radical (unpaired) electrons. The van der Waals surface area contributed by atoms with E-state index in [0.29, 0.717) is 12.1 Å². The quantitative estimate of drug-likeness (QED) is 0.424. The monoisotopic (exact) mass is 505 g/mol. The molecule has 170 valence electrons. The van der Waals surface area contributed by atoms with E-state index in [1.54, 1.807) is 0 Å². The van der Waals surface area contributed by atoms with Gasteiger partial charge in [-0.15, -0.1) is 0 Å². The lowest BCUT2D eigenvalue weighted by molar-refractivity contribution is 0.0709. The minimum atomic E-state index is 0.0406. The van der Waals surface area contributed by atoms with E-state index < -0.39 is 0 Å². The Balaban J connectivity index is 1.45. The summed E-state index contributed by atoms with van der Waals surface area (Å²) in [5.41, 5.74) is 12.0. The number of rotatable bonds is 4. The Morgan fingerprint density at radius 2 is 2.03 bits per heavy atom. The van der Waals surface area contributed by atoms with Crippen molar-refractivity contribution in [2.75, 3.05) is 13.1 Å². The fourth-order valence-electron chi connectivity index (χ4n) is 5.14. The number of piperidine rings is 1. The van der Waals surface area contributed by atoms with Gasteiger partial charge in [0.15, 0.2) is 0 Å². The van der Waals surface area contributed by atoms with Crippen LogP contribution in [-0.2, 0) is 6.54 Å². The molecule has 4 aromatic rings. The summed E-state index contributed by atoms with van der Waals surface area (Å²) in [5, 5.41) is 1.21. The number of amides is 1. The second kappa shape index (κ2) is 7.99. The van der Waals surface area contributed by atoms with Crippen LogP contribution in [0.15, 0.2) is 47.1 Å². The molecule has 4 heterocycles. The molecular formula is C26H28BrN5O. The van der Waals surface area contributed by atoms with E-state index in [0.717, 1.165) is 59.1 Å². The number of likely N-dealkylation sites (tertiary alicyclic amines) is 1. The first-order chi connectivity index (χ1) is 16.0. The molecule has 2 N–H and O–H groups in total. The van der Waals surface area contributed by atoms with Crippen molar-refractivity contribution in [1.29, 1.82) is 0 Å². The average Bonchev–Trinajstić information content (AvgIpc) is 3.54. The van der Waals surface area contributed by atoms with Gasteiger partial charge in [-0.2, -0.15) is 0 Å². The molecule has 1 amide bonds. The number of para-hydroxylation sites is 1. The minimum absolute atomic E-state index is 0.0406. The van der Waals surface area contributed by atoms with Gasteiger partial charge in [0.05, 0.1) is 10.2 Å². The van der Waals surface area contributed by atoms with Crippen molar-refractivity contribution in [3.63, 3.8) is 0 Å². The molecule has 1 aliphatic heterocycles. The number of carbonyl (C=O) groups is 1. The van der Waals surface area contributed by atoms with Crippen molar-refractivity contribution >= 4 is 38.4 Å². The van der Waals surface area contributed by atoms with E-state index in [9.17, 15) is 4.79 Å². The van der Waals surface area contributed by atoms with Crippen LogP contribution in [-0.4, -0.2) is 43.9 Å². The van der Waals surface area contributed by atoms with Gasteiger partial charge in [0.2, 0.25) is 0 Å². The van der Waals surface area contributed by atoms with Crippen molar-refractivity contribution in [3.8, 4) is 11.4 Å². The van der Waals surface area contributed by atoms with E-state index in [1.807, 2.05) is 23.2 Å². The molecule has 1 aliphatic carbocycles. The van der Waals surface area contributed by atoms with Crippen LogP contribution in [0.3, 0.4) is 0 Å². The third-order valence-electron chi connectivity index (χ3n) is 7.13. The number of aromatic nitrogens is 3. The summed E-state index contributed by atoms with van der Waals surface area (Å²) in [6, 6.07) is 12.4. The van der Waals surface area contributed by atoms with Gasteiger partial charge in [-0.3, -0.25) is 4.79 Å². The second-order valence-corrected chi connectivity index (χ2v) is 10.4. The van der Waals surface area contributed by atoms with Crippen LogP contribution in [0.5, 0.6) is 0 Å². The van der Waals surface area contributed by atoms with Crippen LogP contribution in [0.1, 0.15) is 41.7 Å². The molecule has 33 heavy (non-hydrogen) atoms. The Labute approximate surface area is 201 Å². The number of nitrogens with two attached hydrogens (primary N) is 1. The van der Waals surface area contributed by atoms with Crippen molar-refractivity contribution in [2.24, 2.45) is 11.7 Å². The number of fused-ring (bicyclic) bond motifs is 2. The first-order valence-corrected chi connectivity index (χ1v) is 12.6. The Bertz CT molecular complexity index is 1380. The molecule has 7 heteroatoms. The van der Waals surface area contributed by atoms with Crippen LogP contribution >= 0.6 is 15.9 Å². The summed E-state index contributed by atoms with van der Waals surface area (Å²) < 4.78 is 5.59. The van der Waals surface area contributed by atoms with E-state index in [4.69, 9.17) is 10.7 Å². The maximum atomic E-state index is 13.1. The van der Waals surface area contributed by atoms with Crippen LogP contribution in [0.25, 0.3) is 27.9 Å². The molecule has 6 rings (SSSR count). The van der Waals surface area contributed by atoms with Gasteiger partial charge in [0, 0.05) is 54.0 Å². The predicted octanol–water partition coefficient (Wildman–Crippen LogP) is 5.00. The highest BCUT2D eigenvalue weighted by atomic mass is 79.9. The lowest BCUT2D eigenvalue weighted by atomic mass is 10.1. The second-order valence-electron chi connectivity index (χ2n) is 9.58. The summed E-state index contributed by atoms with van der Waals surface area (Å²) in [6.45, 7) is 4.50. The van der Waals surface area contributed by atoms with Crippen LogP contribution in [0.4, 0.5) is 0 Å². The SMILES string of the molecule is Cc1c(-c2c(Br)c3ccccc3n2CC2CC2)nc2cc(C(=O)N3CCCC(N)C3)ccn12. The van der Waals surface area contributed by atoms with Gasteiger partial charge in [0.25, 0.3) is 5.91 Å². The normalized spacial score (nSPS) is 19.0. The van der Waals surface area contributed by atoms with E-state index in [-0.39, 0.29) is 11.9 Å². The summed E-state index contributed by atoms with van der Waals surface area (Å²) >= 11 is 3.89. The predicted molar refractivity (Wildman–Crippen MR) is 134 cm³/mol. The molecule has 2 aliphatic rings. The fourth-order valence-corrected chi connectivity index (χ4v) is 5.88. The lowest BCUT2D eigenvalue weighted by Gasteiger charge is -2.30. The molecule has 1 aromatic carbocycles. The molecule has 1 saturated carbocycles. The maximum Gasteiger partial charge on any atom is 0.254 e. The van der Waals surface area contributed by atoms with Gasteiger partial charge in [-0.25, -0.2) is 4.98 Å². The number of pyridine rings is 1. The number of carbonyl (C=O) groups excluding carboxylic acids is 1. The molecular weight excluding hydrogens is 478 g/mol. The van der Waals surface area contributed by atoms with Crippen molar-refractivity contribution < 1.29 is 4.79 Å². The van der Waals surface area contributed by atoms with Crippen LogP contribution in [0.2, 0.25) is 0 Å². The molecule has 6 nitrogen and oxygen atoms in total. The highest BCUT2D eigenvalue weighted by Gasteiger charge is 2.28. The largest absolute Gasteiger partial charge is 0.338 e. The van der Waals surface area contributed by atoms with Gasteiger partial charge >= 0.3 is 0 Å². The topological polar surface area (TPSA) is 68.6 Å². The summed E-state index contributed by atoms with van der Waals surface area (Å²) in [6.07, 6.45) is 6.50. The van der Waals surface area contributed by atoms with E-state index in [1.165, 1.54) is 23.7 Å². The molecule has 1 unspecified atom stereocenters. The number of imidazole rings is 1. The standard InChI is InChI=1S/C26H28BrN5O/c1-16-24(25-23(27)20-6-2-3-7-21(20)32(25)14-17-8-9-17)29-22-13-18(10-12-31(16)22)26(33)30-11-4-5-19(28)15-30/h2-3,6-7,10,12-13,17,19H,4-5,8-9,11,14-15,28H2,1H3. The smallest absolute Gasteiger partial charge is 0.254 e. The molecule has 0 spiro atoms. The first-order valence-electron chi connectivity index (χ1n) is 11.8. The summed E-state index contributed by atoms with van der Waals surface area (Å²) in [4.78, 5) is 20.0. The number of aryl methyl sites for hydroxylation is 1. The third kappa shape index (κ3) is 3.58. The Kier molecular flexibility index (Phi) is 5.07. The summed E-state index contributed by atoms with van der Waals surface area (Å²) in [5.74, 6) is 0.780. The van der Waals surface area contributed by atoms with Gasteiger partial charge in [0.1, 0.15) is 11.3 Å². The molecule has 2 fully saturated rings. The zero-order valence-corrected chi connectivity index (χ0v) is 20.4. The Morgan fingerprint density at radius 3 is 2.82 bits per heavy atom. The zero-order valence-electron chi connectivity index (χ0n) is 18.8.